The van der Waals surface area contributed by atoms with E-state index >= 15 is 0 Å². The van der Waals surface area contributed by atoms with Crippen LogP contribution in [0.3, 0.4) is 0 Å². The first kappa shape index (κ1) is 21.0. The van der Waals surface area contributed by atoms with Gasteiger partial charge >= 0.3 is 0 Å². The number of benzene rings is 1. The van der Waals surface area contributed by atoms with Gasteiger partial charge in [0.15, 0.2) is 11.9 Å². The van der Waals surface area contributed by atoms with Gasteiger partial charge in [0.25, 0.3) is 0 Å². The van der Waals surface area contributed by atoms with E-state index in [0.717, 1.165) is 27.9 Å². The molecule has 0 saturated carbocycles. The predicted octanol–water partition coefficient (Wildman–Crippen LogP) is 3.90. The second-order valence-electron chi connectivity index (χ2n) is 6.84. The minimum atomic E-state index is -0.325. The normalized spacial score (nSPS) is 14.0. The second kappa shape index (κ2) is 9.20. The molecule has 4 rings (SSSR count). The maximum atomic E-state index is 9.53. The van der Waals surface area contributed by atoms with Gasteiger partial charge in [0.05, 0.1) is 12.1 Å². The van der Waals surface area contributed by atoms with Crippen molar-refractivity contribution in [2.75, 3.05) is 13.4 Å². The van der Waals surface area contributed by atoms with Gasteiger partial charge in [-0.15, -0.1) is 12.4 Å². The van der Waals surface area contributed by atoms with Crippen molar-refractivity contribution in [3.8, 4) is 5.75 Å². The third-order valence-corrected chi connectivity index (χ3v) is 5.13. The van der Waals surface area contributed by atoms with E-state index in [9.17, 15) is 5.11 Å². The summed E-state index contributed by atoms with van der Waals surface area (Å²) in [5, 5.41) is 9.53. The Labute approximate surface area is 176 Å². The first-order valence-corrected chi connectivity index (χ1v) is 9.39. The number of pyridine rings is 1. The van der Waals surface area contributed by atoms with Crippen molar-refractivity contribution in [3.63, 3.8) is 0 Å². The number of aryl methyl sites for hydroxylation is 1. The van der Waals surface area contributed by atoms with E-state index in [-0.39, 0.29) is 31.9 Å². The number of aliphatic hydroxyl groups excluding tert-OH is 1. The largest absolute Gasteiger partial charge is 0.480 e. The van der Waals surface area contributed by atoms with Gasteiger partial charge in [-0.1, -0.05) is 30.3 Å². The van der Waals surface area contributed by atoms with Crippen molar-refractivity contribution in [2.45, 2.75) is 32.9 Å². The molecule has 0 aliphatic carbocycles. The van der Waals surface area contributed by atoms with Crippen molar-refractivity contribution in [2.24, 2.45) is 0 Å². The number of fused-ring (bicyclic) bond motifs is 1. The number of ether oxygens (including phenoxy) is 3. The lowest BCUT2D eigenvalue weighted by Gasteiger charge is -2.20. The number of aliphatic hydroxyl groups is 1. The van der Waals surface area contributed by atoms with Crippen LogP contribution in [0.15, 0.2) is 54.6 Å². The lowest BCUT2D eigenvalue weighted by molar-refractivity contribution is 0.0559. The van der Waals surface area contributed by atoms with E-state index in [1.54, 1.807) is 12.5 Å². The topological polar surface area (TPSA) is 65.7 Å². The van der Waals surface area contributed by atoms with Crippen LogP contribution < -0.4 is 4.74 Å². The standard InChI is InChI=1S/C22H24N2O4.ClH/c1-15-16(2)24(10-11-25)22-18(8-9-23-21(15)22)28-19(20-13-26-14-27-20)12-17-6-4-3-5-7-17;/h3-9,13,19,25H,10-12,14H2,1-2H3;1H. The Hall–Kier alpha value is -2.70. The molecule has 1 aliphatic heterocycles. The van der Waals surface area contributed by atoms with E-state index in [1.165, 1.54) is 0 Å². The highest BCUT2D eigenvalue weighted by Crippen LogP contribution is 2.33. The molecule has 29 heavy (non-hydrogen) atoms. The van der Waals surface area contributed by atoms with Gasteiger partial charge in [-0.05, 0) is 25.0 Å². The monoisotopic (exact) mass is 416 g/mol. The maximum absolute atomic E-state index is 9.53. The SMILES string of the molecule is Cc1c(C)n(CCO)c2c(OC(Cc3ccccc3)C3=COCO3)ccnc12.Cl. The lowest BCUT2D eigenvalue weighted by Crippen LogP contribution is -2.23. The molecular weight excluding hydrogens is 392 g/mol. The van der Waals surface area contributed by atoms with Crippen molar-refractivity contribution in [1.29, 1.82) is 0 Å². The Morgan fingerprint density at radius 3 is 2.69 bits per heavy atom. The Kier molecular flexibility index (Phi) is 6.67. The maximum Gasteiger partial charge on any atom is 0.230 e. The Morgan fingerprint density at radius 2 is 2.00 bits per heavy atom. The Morgan fingerprint density at radius 1 is 1.21 bits per heavy atom. The zero-order chi connectivity index (χ0) is 19.5. The van der Waals surface area contributed by atoms with Crippen LogP contribution in [0.5, 0.6) is 5.75 Å². The molecule has 0 radical (unpaired) electrons. The zero-order valence-corrected chi connectivity index (χ0v) is 17.3. The highest BCUT2D eigenvalue weighted by Gasteiger charge is 2.25. The number of halogens is 1. The van der Waals surface area contributed by atoms with Crippen LogP contribution in [0, 0.1) is 13.8 Å². The average Bonchev–Trinajstić information content (AvgIpc) is 3.33. The highest BCUT2D eigenvalue weighted by molar-refractivity contribution is 5.86. The van der Waals surface area contributed by atoms with Crippen LogP contribution in [0.2, 0.25) is 0 Å². The van der Waals surface area contributed by atoms with Crippen LogP contribution >= 0.6 is 12.4 Å². The molecule has 1 aliphatic rings. The Bertz CT molecular complexity index is 1000. The number of rotatable bonds is 7. The first-order valence-electron chi connectivity index (χ1n) is 9.39. The molecule has 1 atom stereocenters. The molecule has 154 valence electrons. The minimum Gasteiger partial charge on any atom is -0.480 e. The fourth-order valence-electron chi connectivity index (χ4n) is 3.59. The molecule has 1 aromatic carbocycles. The summed E-state index contributed by atoms with van der Waals surface area (Å²) in [5.74, 6) is 1.38. The van der Waals surface area contributed by atoms with Gasteiger partial charge in [0.1, 0.15) is 17.5 Å². The first-order chi connectivity index (χ1) is 13.7. The third kappa shape index (κ3) is 4.18. The quantitative estimate of drug-likeness (QED) is 0.632. The van der Waals surface area contributed by atoms with Gasteiger partial charge in [-0.2, -0.15) is 0 Å². The predicted molar refractivity (Wildman–Crippen MR) is 113 cm³/mol. The second-order valence-corrected chi connectivity index (χ2v) is 6.84. The van der Waals surface area contributed by atoms with Crippen LogP contribution in [0.4, 0.5) is 0 Å². The molecule has 0 bridgehead atoms. The zero-order valence-electron chi connectivity index (χ0n) is 16.5. The summed E-state index contributed by atoms with van der Waals surface area (Å²) in [5.41, 5.74) is 5.09. The molecule has 0 amide bonds. The molecule has 0 saturated heterocycles. The van der Waals surface area contributed by atoms with E-state index in [1.807, 2.05) is 38.1 Å². The summed E-state index contributed by atoms with van der Waals surface area (Å²) in [6.45, 7) is 4.82. The fourth-order valence-corrected chi connectivity index (χ4v) is 3.59. The van der Waals surface area contributed by atoms with Crippen molar-refractivity contribution in [3.05, 3.63) is 71.4 Å². The fraction of sp³-hybridized carbons (Fsp3) is 0.318. The van der Waals surface area contributed by atoms with Gasteiger partial charge in [-0.25, -0.2) is 0 Å². The van der Waals surface area contributed by atoms with E-state index < -0.39 is 0 Å². The molecule has 7 heteroatoms. The smallest absolute Gasteiger partial charge is 0.230 e. The van der Waals surface area contributed by atoms with E-state index in [4.69, 9.17) is 14.2 Å². The summed E-state index contributed by atoms with van der Waals surface area (Å²) in [7, 11) is 0. The van der Waals surface area contributed by atoms with Crippen molar-refractivity contribution < 1.29 is 19.3 Å². The molecule has 3 heterocycles. The van der Waals surface area contributed by atoms with Crippen molar-refractivity contribution in [1.82, 2.24) is 9.55 Å². The van der Waals surface area contributed by atoms with E-state index in [2.05, 4.69) is 21.7 Å². The summed E-state index contributed by atoms with van der Waals surface area (Å²) in [6.07, 6.45) is 3.70. The van der Waals surface area contributed by atoms with Crippen LogP contribution in [-0.4, -0.2) is 34.2 Å². The summed E-state index contributed by atoms with van der Waals surface area (Å²) < 4.78 is 19.4. The van der Waals surface area contributed by atoms with Crippen LogP contribution in [0.1, 0.15) is 16.8 Å². The molecule has 6 nitrogen and oxygen atoms in total. The lowest BCUT2D eigenvalue weighted by atomic mass is 10.1. The summed E-state index contributed by atoms with van der Waals surface area (Å²) in [6, 6.07) is 12.0. The van der Waals surface area contributed by atoms with Gasteiger partial charge in [0.2, 0.25) is 6.79 Å². The molecule has 0 spiro atoms. The number of aromatic nitrogens is 2. The van der Waals surface area contributed by atoms with E-state index in [0.29, 0.717) is 24.5 Å². The summed E-state index contributed by atoms with van der Waals surface area (Å²) in [4.78, 5) is 4.54. The summed E-state index contributed by atoms with van der Waals surface area (Å²) >= 11 is 0. The highest BCUT2D eigenvalue weighted by atomic mass is 35.5. The number of nitrogens with zero attached hydrogens (tertiary/aromatic N) is 2. The molecule has 0 fully saturated rings. The third-order valence-electron chi connectivity index (χ3n) is 5.13. The number of hydrogen-bond acceptors (Lipinski definition) is 5. The molecule has 1 N–H and O–H groups in total. The van der Waals surface area contributed by atoms with Gasteiger partial charge in [0, 0.05) is 30.9 Å². The molecular formula is C22H25ClN2O4. The average molecular weight is 417 g/mol. The van der Waals surface area contributed by atoms with Gasteiger partial charge < -0.3 is 23.9 Å². The van der Waals surface area contributed by atoms with Crippen LogP contribution in [-0.2, 0) is 22.4 Å². The Balaban J connectivity index is 0.00000240. The number of hydrogen-bond donors (Lipinski definition) is 1. The van der Waals surface area contributed by atoms with Crippen molar-refractivity contribution >= 4 is 23.4 Å². The molecule has 2 aromatic heterocycles. The van der Waals surface area contributed by atoms with Gasteiger partial charge in [-0.3, -0.25) is 4.98 Å². The molecule has 1 unspecified atom stereocenters. The minimum absolute atomic E-state index is 0. The molecule has 3 aromatic rings. The van der Waals surface area contributed by atoms with Crippen LogP contribution in [0.25, 0.3) is 11.0 Å².